The van der Waals surface area contributed by atoms with E-state index in [4.69, 9.17) is 5.73 Å². The van der Waals surface area contributed by atoms with Gasteiger partial charge in [-0.05, 0) is 29.4 Å². The number of aryl methyl sites for hydroxylation is 1. The van der Waals surface area contributed by atoms with Crippen molar-refractivity contribution in [2.45, 2.75) is 13.3 Å². The zero-order valence-corrected chi connectivity index (χ0v) is 9.14. The van der Waals surface area contributed by atoms with Gasteiger partial charge in [0, 0.05) is 10.2 Å². The van der Waals surface area contributed by atoms with Gasteiger partial charge in [-0.3, -0.25) is 0 Å². The van der Waals surface area contributed by atoms with E-state index in [9.17, 15) is 0 Å². The van der Waals surface area contributed by atoms with E-state index in [2.05, 4.69) is 38.2 Å². The fraction of sp³-hybridized carbons (Fsp3) is 0.250. The van der Waals surface area contributed by atoms with Crippen molar-refractivity contribution < 1.29 is 0 Å². The molecule has 2 N–H and O–H groups in total. The summed E-state index contributed by atoms with van der Waals surface area (Å²) in [7, 11) is 2.67. The Labute approximate surface area is 77.7 Å². The maximum Gasteiger partial charge on any atom is 0.0358 e. The molecule has 1 atom stereocenters. The van der Waals surface area contributed by atoms with Crippen molar-refractivity contribution in [3.05, 3.63) is 22.2 Å². The van der Waals surface area contributed by atoms with Crippen LogP contribution in [0, 0.1) is 0 Å². The summed E-state index contributed by atoms with van der Waals surface area (Å²) in [5.41, 5.74) is 7.83. The smallest absolute Gasteiger partial charge is 0.0358 e. The third kappa shape index (κ3) is 1.94. The van der Waals surface area contributed by atoms with Gasteiger partial charge in [-0.15, -0.1) is 9.24 Å². The molecule has 0 aromatic heterocycles. The van der Waals surface area contributed by atoms with Gasteiger partial charge >= 0.3 is 0 Å². The maximum atomic E-state index is 5.76. The standard InChI is InChI=1S/C8H11BrNP/c1-2-5-3-8(11)6(9)4-7(5)10/h3-4H,2,10-11H2,1H3. The lowest BCUT2D eigenvalue weighted by Gasteiger charge is -2.05. The van der Waals surface area contributed by atoms with Crippen molar-refractivity contribution in [2.75, 3.05) is 5.73 Å². The van der Waals surface area contributed by atoms with E-state index >= 15 is 0 Å². The summed E-state index contributed by atoms with van der Waals surface area (Å²) >= 11 is 3.41. The summed E-state index contributed by atoms with van der Waals surface area (Å²) in [5, 5.41) is 1.16. The zero-order valence-electron chi connectivity index (χ0n) is 6.39. The largest absolute Gasteiger partial charge is 0.398 e. The molecule has 0 amide bonds. The van der Waals surface area contributed by atoms with Gasteiger partial charge in [0.05, 0.1) is 0 Å². The summed E-state index contributed by atoms with van der Waals surface area (Å²) in [4.78, 5) is 0. The third-order valence-corrected chi connectivity index (χ3v) is 3.23. The molecule has 0 fully saturated rings. The molecule has 1 unspecified atom stereocenters. The fourth-order valence-electron chi connectivity index (χ4n) is 0.959. The van der Waals surface area contributed by atoms with Gasteiger partial charge in [-0.1, -0.05) is 22.9 Å². The highest BCUT2D eigenvalue weighted by atomic mass is 79.9. The number of rotatable bonds is 1. The lowest BCUT2D eigenvalue weighted by molar-refractivity contribution is 1.15. The quantitative estimate of drug-likeness (QED) is 0.582. The predicted molar refractivity (Wildman–Crippen MR) is 57.3 cm³/mol. The fourth-order valence-corrected chi connectivity index (χ4v) is 1.60. The minimum Gasteiger partial charge on any atom is -0.398 e. The number of halogens is 1. The molecule has 0 saturated carbocycles. The predicted octanol–water partition coefficient (Wildman–Crippen LogP) is 2.09. The van der Waals surface area contributed by atoms with Crippen LogP contribution in [0.1, 0.15) is 12.5 Å². The van der Waals surface area contributed by atoms with Crippen molar-refractivity contribution >= 4 is 36.2 Å². The normalized spacial score (nSPS) is 10.1. The van der Waals surface area contributed by atoms with E-state index in [1.807, 2.05) is 6.07 Å². The van der Waals surface area contributed by atoms with E-state index in [-0.39, 0.29) is 0 Å². The maximum absolute atomic E-state index is 5.76. The van der Waals surface area contributed by atoms with Gasteiger partial charge in [0.2, 0.25) is 0 Å². The van der Waals surface area contributed by atoms with E-state index in [1.54, 1.807) is 0 Å². The molecule has 0 radical (unpaired) electrons. The molecule has 1 rings (SSSR count). The van der Waals surface area contributed by atoms with Crippen molar-refractivity contribution in [1.29, 1.82) is 0 Å². The number of nitrogen functional groups attached to an aromatic ring is 1. The first-order valence-corrected chi connectivity index (χ1v) is 4.85. The van der Waals surface area contributed by atoms with Gasteiger partial charge in [-0.2, -0.15) is 0 Å². The highest BCUT2D eigenvalue weighted by molar-refractivity contribution is 9.10. The number of benzene rings is 1. The minimum absolute atomic E-state index is 0.866. The summed E-state index contributed by atoms with van der Waals surface area (Å²) in [6.45, 7) is 2.10. The first-order chi connectivity index (χ1) is 5.15. The molecule has 60 valence electrons. The monoisotopic (exact) mass is 231 g/mol. The topological polar surface area (TPSA) is 26.0 Å². The van der Waals surface area contributed by atoms with Crippen LogP contribution < -0.4 is 11.0 Å². The van der Waals surface area contributed by atoms with Gasteiger partial charge < -0.3 is 5.73 Å². The Morgan fingerprint density at radius 2 is 2.18 bits per heavy atom. The summed E-state index contributed by atoms with van der Waals surface area (Å²) in [5.74, 6) is 0. The Balaban J connectivity index is 3.21. The van der Waals surface area contributed by atoms with Crippen molar-refractivity contribution in [2.24, 2.45) is 0 Å². The molecule has 1 nitrogen and oxygen atoms in total. The van der Waals surface area contributed by atoms with Gasteiger partial charge in [0.25, 0.3) is 0 Å². The van der Waals surface area contributed by atoms with Gasteiger partial charge in [0.1, 0.15) is 0 Å². The van der Waals surface area contributed by atoms with Crippen LogP contribution in [0.15, 0.2) is 16.6 Å². The van der Waals surface area contributed by atoms with E-state index in [0.29, 0.717) is 0 Å². The van der Waals surface area contributed by atoms with Crippen LogP contribution in [0.25, 0.3) is 0 Å². The second kappa shape index (κ2) is 3.55. The summed E-state index contributed by atoms with van der Waals surface area (Å²) < 4.78 is 1.05. The SMILES string of the molecule is CCc1cc(P)c(Br)cc1N. The molecule has 0 aliphatic carbocycles. The van der Waals surface area contributed by atoms with E-state index < -0.39 is 0 Å². The van der Waals surface area contributed by atoms with E-state index in [0.717, 1.165) is 21.9 Å². The molecule has 0 bridgehead atoms. The molecule has 0 aliphatic rings. The van der Waals surface area contributed by atoms with Crippen LogP contribution in [0.5, 0.6) is 0 Å². The number of anilines is 1. The van der Waals surface area contributed by atoms with Crippen molar-refractivity contribution in [3.8, 4) is 0 Å². The van der Waals surface area contributed by atoms with Crippen LogP contribution in [0.3, 0.4) is 0 Å². The molecule has 0 saturated heterocycles. The Morgan fingerprint density at radius 1 is 1.55 bits per heavy atom. The van der Waals surface area contributed by atoms with Crippen LogP contribution >= 0.6 is 25.2 Å². The minimum atomic E-state index is 0.866. The highest BCUT2D eigenvalue weighted by Gasteiger charge is 2.00. The number of hydrogen-bond acceptors (Lipinski definition) is 1. The van der Waals surface area contributed by atoms with E-state index in [1.165, 1.54) is 5.56 Å². The van der Waals surface area contributed by atoms with Crippen molar-refractivity contribution in [1.82, 2.24) is 0 Å². The molecule has 3 heteroatoms. The second-order valence-corrected chi connectivity index (χ2v) is 3.90. The molecular formula is C8H11BrNP. The lowest BCUT2D eigenvalue weighted by Crippen LogP contribution is -2.00. The second-order valence-electron chi connectivity index (χ2n) is 2.43. The first kappa shape index (κ1) is 9.02. The molecular weight excluding hydrogens is 221 g/mol. The number of hydrogen-bond donors (Lipinski definition) is 1. The third-order valence-electron chi connectivity index (χ3n) is 1.64. The number of nitrogens with two attached hydrogens (primary N) is 1. The zero-order chi connectivity index (χ0) is 8.43. The Bertz CT molecular complexity index is 273. The molecule has 11 heavy (non-hydrogen) atoms. The lowest BCUT2D eigenvalue weighted by atomic mass is 10.1. The molecule has 1 aromatic carbocycles. The van der Waals surface area contributed by atoms with Crippen LogP contribution in [-0.2, 0) is 6.42 Å². The summed E-state index contributed by atoms with van der Waals surface area (Å²) in [6.07, 6.45) is 0.987. The molecule has 0 aliphatic heterocycles. The van der Waals surface area contributed by atoms with Crippen LogP contribution in [-0.4, -0.2) is 0 Å². The molecule has 0 heterocycles. The van der Waals surface area contributed by atoms with Crippen LogP contribution in [0.4, 0.5) is 5.69 Å². The van der Waals surface area contributed by atoms with Gasteiger partial charge in [0.15, 0.2) is 0 Å². The average Bonchev–Trinajstić information content (AvgIpc) is 1.97. The Kier molecular flexibility index (Phi) is 2.91. The molecule has 1 aromatic rings. The first-order valence-electron chi connectivity index (χ1n) is 3.48. The molecule has 0 spiro atoms. The van der Waals surface area contributed by atoms with Gasteiger partial charge in [-0.25, -0.2) is 0 Å². The average molecular weight is 232 g/mol. The van der Waals surface area contributed by atoms with Crippen LogP contribution in [0.2, 0.25) is 0 Å². The highest BCUT2D eigenvalue weighted by Crippen LogP contribution is 2.18. The van der Waals surface area contributed by atoms with Crippen molar-refractivity contribution in [3.63, 3.8) is 0 Å². The Morgan fingerprint density at radius 3 is 2.73 bits per heavy atom. The summed E-state index contributed by atoms with van der Waals surface area (Å²) in [6, 6.07) is 4.03. The Hall–Kier alpha value is -0.0700.